The Morgan fingerprint density at radius 3 is 2.89 bits per heavy atom. The molecule has 2 rings (SSSR count). The van der Waals surface area contributed by atoms with Crippen LogP contribution in [0.1, 0.15) is 24.6 Å². The number of halogens is 1. The Balaban J connectivity index is 2.16. The molecule has 0 saturated heterocycles. The maximum absolute atomic E-state index is 5.95. The molecule has 7 nitrogen and oxygen atoms in total. The van der Waals surface area contributed by atoms with Crippen molar-refractivity contribution in [3.05, 3.63) is 29.2 Å². The molecule has 0 saturated carbocycles. The minimum atomic E-state index is -0.0474. The molecule has 0 spiro atoms. The molecule has 19 heavy (non-hydrogen) atoms. The van der Waals surface area contributed by atoms with Crippen LogP contribution in [0, 0.1) is 0 Å². The van der Waals surface area contributed by atoms with Gasteiger partial charge in [0.15, 0.2) is 11.6 Å². The van der Waals surface area contributed by atoms with E-state index < -0.39 is 0 Å². The van der Waals surface area contributed by atoms with E-state index in [-0.39, 0.29) is 6.04 Å². The predicted molar refractivity (Wildman–Crippen MR) is 70.8 cm³/mol. The van der Waals surface area contributed by atoms with Gasteiger partial charge in [0, 0.05) is 20.2 Å². The SMILES string of the molecule is COCc1nc(Cl)cc(NC(C)c2nncn2C)n1. The minimum Gasteiger partial charge on any atom is -0.377 e. The van der Waals surface area contributed by atoms with Crippen LogP contribution in [0.3, 0.4) is 0 Å². The molecule has 1 unspecified atom stereocenters. The fraction of sp³-hybridized carbons (Fsp3) is 0.455. The van der Waals surface area contributed by atoms with Gasteiger partial charge in [-0.1, -0.05) is 11.6 Å². The van der Waals surface area contributed by atoms with Crippen LogP contribution in [0.25, 0.3) is 0 Å². The lowest BCUT2D eigenvalue weighted by atomic mass is 10.3. The van der Waals surface area contributed by atoms with E-state index in [1.165, 1.54) is 0 Å². The highest BCUT2D eigenvalue weighted by Crippen LogP contribution is 2.18. The van der Waals surface area contributed by atoms with Crippen molar-refractivity contribution >= 4 is 17.4 Å². The topological polar surface area (TPSA) is 77.8 Å². The number of aromatic nitrogens is 5. The Kier molecular flexibility index (Phi) is 4.28. The molecule has 1 N–H and O–H groups in total. The molecule has 0 amide bonds. The molecule has 0 bridgehead atoms. The number of rotatable bonds is 5. The van der Waals surface area contributed by atoms with Crippen LogP contribution in [-0.4, -0.2) is 31.8 Å². The van der Waals surface area contributed by atoms with Crippen molar-refractivity contribution in [1.82, 2.24) is 24.7 Å². The van der Waals surface area contributed by atoms with Gasteiger partial charge in [-0.15, -0.1) is 10.2 Å². The molecule has 0 aliphatic carbocycles. The molecule has 0 aliphatic heterocycles. The average Bonchev–Trinajstić information content (AvgIpc) is 2.75. The maximum Gasteiger partial charge on any atom is 0.158 e. The molecule has 0 aromatic carbocycles. The van der Waals surface area contributed by atoms with Crippen LogP contribution in [0.5, 0.6) is 0 Å². The van der Waals surface area contributed by atoms with Crippen LogP contribution in [0.4, 0.5) is 5.82 Å². The van der Waals surface area contributed by atoms with E-state index in [9.17, 15) is 0 Å². The second-order valence-electron chi connectivity index (χ2n) is 4.09. The average molecular weight is 283 g/mol. The van der Waals surface area contributed by atoms with E-state index in [2.05, 4.69) is 25.5 Å². The quantitative estimate of drug-likeness (QED) is 0.839. The second-order valence-corrected chi connectivity index (χ2v) is 4.48. The van der Waals surface area contributed by atoms with Crippen LogP contribution in [0.2, 0.25) is 5.15 Å². The molecular weight excluding hydrogens is 268 g/mol. The molecule has 102 valence electrons. The second kappa shape index (κ2) is 5.94. The number of hydrogen-bond donors (Lipinski definition) is 1. The van der Waals surface area contributed by atoms with Gasteiger partial charge in [-0.3, -0.25) is 0 Å². The molecule has 0 aliphatic rings. The first-order valence-corrected chi connectivity index (χ1v) is 6.10. The predicted octanol–water partition coefficient (Wildman–Crippen LogP) is 1.58. The van der Waals surface area contributed by atoms with E-state index in [0.29, 0.717) is 23.4 Å². The fourth-order valence-corrected chi connectivity index (χ4v) is 1.90. The lowest BCUT2D eigenvalue weighted by Gasteiger charge is -2.14. The lowest BCUT2D eigenvalue weighted by molar-refractivity contribution is 0.178. The van der Waals surface area contributed by atoms with Gasteiger partial charge in [0.25, 0.3) is 0 Å². The zero-order valence-corrected chi connectivity index (χ0v) is 11.7. The Hall–Kier alpha value is -1.73. The highest BCUT2D eigenvalue weighted by atomic mass is 35.5. The van der Waals surface area contributed by atoms with Crippen molar-refractivity contribution in [2.75, 3.05) is 12.4 Å². The van der Waals surface area contributed by atoms with Crippen molar-refractivity contribution in [1.29, 1.82) is 0 Å². The number of ether oxygens (including phenoxy) is 1. The third-order valence-electron chi connectivity index (χ3n) is 2.51. The molecule has 0 radical (unpaired) electrons. The number of aryl methyl sites for hydroxylation is 1. The van der Waals surface area contributed by atoms with Gasteiger partial charge in [0.2, 0.25) is 0 Å². The van der Waals surface area contributed by atoms with Gasteiger partial charge in [-0.25, -0.2) is 9.97 Å². The number of hydrogen-bond acceptors (Lipinski definition) is 6. The summed E-state index contributed by atoms with van der Waals surface area (Å²) in [6, 6.07) is 1.61. The maximum atomic E-state index is 5.95. The number of methoxy groups -OCH3 is 1. The zero-order valence-electron chi connectivity index (χ0n) is 11.0. The summed E-state index contributed by atoms with van der Waals surface area (Å²) < 4.78 is 6.84. The van der Waals surface area contributed by atoms with Gasteiger partial charge in [-0.2, -0.15) is 0 Å². The summed E-state index contributed by atoms with van der Waals surface area (Å²) in [4.78, 5) is 8.38. The Morgan fingerprint density at radius 1 is 1.47 bits per heavy atom. The summed E-state index contributed by atoms with van der Waals surface area (Å²) in [5, 5.41) is 11.5. The Morgan fingerprint density at radius 2 is 2.26 bits per heavy atom. The number of nitrogens with zero attached hydrogens (tertiary/aromatic N) is 5. The van der Waals surface area contributed by atoms with Crippen molar-refractivity contribution in [3.63, 3.8) is 0 Å². The largest absolute Gasteiger partial charge is 0.377 e. The Bertz CT molecular complexity index is 558. The summed E-state index contributed by atoms with van der Waals surface area (Å²) in [5.41, 5.74) is 0. The Labute approximate surface area is 116 Å². The molecule has 8 heteroatoms. The standard InChI is InChI=1S/C11H15ClN6O/c1-7(11-17-13-6-18(11)2)14-9-4-8(12)15-10(16-9)5-19-3/h4,6-7H,5H2,1-3H3,(H,14,15,16). The summed E-state index contributed by atoms with van der Waals surface area (Å²) in [6.45, 7) is 2.28. The zero-order chi connectivity index (χ0) is 13.8. The third kappa shape index (κ3) is 3.39. The van der Waals surface area contributed by atoms with E-state index in [4.69, 9.17) is 16.3 Å². The normalized spacial score (nSPS) is 12.4. The highest BCUT2D eigenvalue weighted by Gasteiger charge is 2.12. The first-order chi connectivity index (χ1) is 9.10. The summed E-state index contributed by atoms with van der Waals surface area (Å²) in [7, 11) is 3.47. The summed E-state index contributed by atoms with van der Waals surface area (Å²) in [5.74, 6) is 1.97. The summed E-state index contributed by atoms with van der Waals surface area (Å²) >= 11 is 5.95. The highest BCUT2D eigenvalue weighted by molar-refractivity contribution is 6.29. The molecule has 2 aromatic heterocycles. The fourth-order valence-electron chi connectivity index (χ4n) is 1.70. The minimum absolute atomic E-state index is 0.0474. The van der Waals surface area contributed by atoms with Gasteiger partial charge in [-0.05, 0) is 6.92 Å². The molecule has 2 aromatic rings. The smallest absolute Gasteiger partial charge is 0.158 e. The summed E-state index contributed by atoms with van der Waals surface area (Å²) in [6.07, 6.45) is 1.65. The molecule has 0 fully saturated rings. The van der Waals surface area contributed by atoms with Crippen LogP contribution in [0.15, 0.2) is 12.4 Å². The monoisotopic (exact) mass is 282 g/mol. The van der Waals surface area contributed by atoms with E-state index in [0.717, 1.165) is 5.82 Å². The molecular formula is C11H15ClN6O. The van der Waals surface area contributed by atoms with Gasteiger partial charge in [0.1, 0.15) is 23.9 Å². The van der Waals surface area contributed by atoms with Crippen molar-refractivity contribution < 1.29 is 4.74 Å². The van der Waals surface area contributed by atoms with E-state index in [1.807, 2.05) is 18.5 Å². The first kappa shape index (κ1) is 13.7. The van der Waals surface area contributed by atoms with Gasteiger partial charge in [0.05, 0.1) is 6.04 Å². The van der Waals surface area contributed by atoms with Crippen LogP contribution in [-0.2, 0) is 18.4 Å². The van der Waals surface area contributed by atoms with Gasteiger partial charge >= 0.3 is 0 Å². The molecule has 2 heterocycles. The first-order valence-electron chi connectivity index (χ1n) is 5.73. The van der Waals surface area contributed by atoms with E-state index in [1.54, 1.807) is 19.5 Å². The van der Waals surface area contributed by atoms with Gasteiger partial charge < -0.3 is 14.6 Å². The van der Waals surface area contributed by atoms with Crippen molar-refractivity contribution in [2.45, 2.75) is 19.6 Å². The number of anilines is 1. The van der Waals surface area contributed by atoms with Crippen LogP contribution < -0.4 is 5.32 Å². The lowest BCUT2D eigenvalue weighted by Crippen LogP contribution is -2.13. The van der Waals surface area contributed by atoms with E-state index >= 15 is 0 Å². The van der Waals surface area contributed by atoms with Crippen molar-refractivity contribution in [3.8, 4) is 0 Å². The van der Waals surface area contributed by atoms with Crippen molar-refractivity contribution in [2.24, 2.45) is 7.05 Å². The third-order valence-corrected chi connectivity index (χ3v) is 2.71. The number of nitrogens with one attached hydrogen (secondary N) is 1. The molecule has 1 atom stereocenters. The van der Waals surface area contributed by atoms with Crippen LogP contribution >= 0.6 is 11.6 Å².